The number of hydrogen-bond acceptors (Lipinski definition) is 6. The van der Waals surface area contributed by atoms with Crippen molar-refractivity contribution in [1.29, 1.82) is 0 Å². The molecule has 4 aromatic rings. The summed E-state index contributed by atoms with van der Waals surface area (Å²) in [5, 5.41) is 4.35. The molecule has 1 atom stereocenters. The second kappa shape index (κ2) is 6.94. The summed E-state index contributed by atoms with van der Waals surface area (Å²) in [7, 11) is 0. The van der Waals surface area contributed by atoms with Crippen LogP contribution in [0.4, 0.5) is 0 Å². The highest BCUT2D eigenvalue weighted by molar-refractivity contribution is 7.15. The van der Waals surface area contributed by atoms with Crippen LogP contribution in [-0.2, 0) is 0 Å². The van der Waals surface area contributed by atoms with Gasteiger partial charge in [0.2, 0.25) is 4.96 Å². The second-order valence-corrected chi connectivity index (χ2v) is 7.25. The zero-order chi connectivity index (χ0) is 18.9. The van der Waals surface area contributed by atoms with Crippen LogP contribution in [0.1, 0.15) is 17.5 Å². The van der Waals surface area contributed by atoms with Crippen molar-refractivity contribution in [2.45, 2.75) is 6.10 Å². The van der Waals surface area contributed by atoms with Gasteiger partial charge in [-0.1, -0.05) is 66.0 Å². The van der Waals surface area contributed by atoms with Crippen molar-refractivity contribution in [1.82, 2.24) is 14.6 Å². The maximum atomic E-state index is 12.6. The van der Waals surface area contributed by atoms with Gasteiger partial charge in [0, 0.05) is 0 Å². The van der Waals surface area contributed by atoms with Crippen molar-refractivity contribution in [2.75, 3.05) is 6.61 Å². The minimum atomic E-state index is -0.438. The Labute approximate surface area is 164 Å². The van der Waals surface area contributed by atoms with Crippen LogP contribution in [0.25, 0.3) is 17.1 Å². The van der Waals surface area contributed by atoms with Crippen molar-refractivity contribution in [3.8, 4) is 11.5 Å². The first-order chi connectivity index (χ1) is 13.8. The molecule has 0 fully saturated rings. The number of benzene rings is 2. The highest BCUT2D eigenvalue weighted by Crippen LogP contribution is 2.35. The van der Waals surface area contributed by atoms with Gasteiger partial charge in [-0.15, -0.1) is 5.10 Å². The fourth-order valence-electron chi connectivity index (χ4n) is 2.96. The predicted octanol–water partition coefficient (Wildman–Crippen LogP) is 2.88. The molecule has 0 N–H and O–H groups in total. The highest BCUT2D eigenvalue weighted by Gasteiger charge is 2.26. The van der Waals surface area contributed by atoms with Crippen LogP contribution < -0.4 is 19.6 Å². The van der Waals surface area contributed by atoms with Gasteiger partial charge in [-0.05, 0) is 23.8 Å². The first-order valence-corrected chi connectivity index (χ1v) is 9.61. The molecule has 0 saturated heterocycles. The van der Waals surface area contributed by atoms with Crippen molar-refractivity contribution in [3.05, 3.63) is 86.9 Å². The monoisotopic (exact) mass is 389 g/mol. The van der Waals surface area contributed by atoms with Crippen LogP contribution in [0.3, 0.4) is 0 Å². The summed E-state index contributed by atoms with van der Waals surface area (Å²) < 4.78 is 13.5. The van der Waals surface area contributed by atoms with E-state index >= 15 is 0 Å². The Morgan fingerprint density at radius 3 is 2.68 bits per heavy atom. The fraction of sp³-hybridized carbons (Fsp3) is 0.0952. The van der Waals surface area contributed by atoms with E-state index in [0.717, 1.165) is 5.56 Å². The molecule has 138 valence electrons. The van der Waals surface area contributed by atoms with E-state index in [1.165, 1.54) is 15.9 Å². The second-order valence-electron chi connectivity index (χ2n) is 6.24. The number of thiazole rings is 1. The lowest BCUT2D eigenvalue weighted by atomic mass is 10.2. The minimum Gasteiger partial charge on any atom is -0.485 e. The smallest absolute Gasteiger partial charge is 0.291 e. The number of rotatable bonds is 3. The molecule has 6 nitrogen and oxygen atoms in total. The molecule has 0 radical (unpaired) electrons. The fourth-order valence-corrected chi connectivity index (χ4v) is 3.82. The number of aromatic nitrogens is 3. The van der Waals surface area contributed by atoms with Crippen LogP contribution in [0, 0.1) is 0 Å². The third kappa shape index (κ3) is 3.05. The summed E-state index contributed by atoms with van der Waals surface area (Å²) in [4.78, 5) is 17.6. The average Bonchev–Trinajstić information content (AvgIpc) is 3.28. The average molecular weight is 389 g/mol. The lowest BCUT2D eigenvalue weighted by Crippen LogP contribution is -2.25. The van der Waals surface area contributed by atoms with E-state index in [2.05, 4.69) is 10.1 Å². The zero-order valence-electron chi connectivity index (χ0n) is 14.7. The van der Waals surface area contributed by atoms with E-state index in [-0.39, 0.29) is 5.56 Å². The van der Waals surface area contributed by atoms with E-state index in [0.29, 0.717) is 33.4 Å². The van der Waals surface area contributed by atoms with Gasteiger partial charge in [0.15, 0.2) is 23.4 Å². The van der Waals surface area contributed by atoms with E-state index in [9.17, 15) is 4.79 Å². The van der Waals surface area contributed by atoms with E-state index < -0.39 is 6.10 Å². The summed E-state index contributed by atoms with van der Waals surface area (Å²) in [5.41, 5.74) is 0.885. The Morgan fingerprint density at radius 1 is 1.07 bits per heavy atom. The van der Waals surface area contributed by atoms with Crippen molar-refractivity contribution >= 4 is 28.4 Å². The molecule has 28 heavy (non-hydrogen) atoms. The summed E-state index contributed by atoms with van der Waals surface area (Å²) in [6, 6.07) is 17.4. The van der Waals surface area contributed by atoms with Gasteiger partial charge in [0.05, 0.1) is 4.53 Å². The molecule has 7 heteroatoms. The van der Waals surface area contributed by atoms with Crippen molar-refractivity contribution in [3.63, 3.8) is 0 Å². The largest absolute Gasteiger partial charge is 0.485 e. The normalized spacial score (nSPS) is 16.9. The van der Waals surface area contributed by atoms with Gasteiger partial charge in [0.1, 0.15) is 6.61 Å². The SMILES string of the molecule is O=c1c(=CC=Cc2ccccc2)sc2nc(C3COc4ccccc4O3)nn12. The molecule has 5 rings (SSSR count). The van der Waals surface area contributed by atoms with Crippen LogP contribution in [-0.4, -0.2) is 21.2 Å². The molecule has 1 aliphatic rings. The van der Waals surface area contributed by atoms with Crippen LogP contribution in [0.2, 0.25) is 0 Å². The first kappa shape index (κ1) is 16.7. The highest BCUT2D eigenvalue weighted by atomic mass is 32.1. The first-order valence-electron chi connectivity index (χ1n) is 8.79. The predicted molar refractivity (Wildman–Crippen MR) is 108 cm³/mol. The lowest BCUT2D eigenvalue weighted by Gasteiger charge is -2.24. The Bertz CT molecular complexity index is 1280. The maximum absolute atomic E-state index is 12.6. The standard InChI is InChI=1S/C21H15N3O3S/c25-20-18(12-6-9-14-7-2-1-3-8-14)28-21-22-19(23-24(20)21)17-13-26-15-10-4-5-11-16(15)27-17/h1-12,17H,13H2. The van der Waals surface area contributed by atoms with Gasteiger partial charge in [-0.25, -0.2) is 0 Å². The summed E-state index contributed by atoms with van der Waals surface area (Å²) in [6.45, 7) is 0.307. The number of hydrogen-bond donors (Lipinski definition) is 0. The molecule has 1 unspecified atom stereocenters. The molecule has 0 amide bonds. The lowest BCUT2D eigenvalue weighted by molar-refractivity contribution is 0.0852. The Balaban J connectivity index is 1.42. The van der Waals surface area contributed by atoms with Gasteiger partial charge >= 0.3 is 0 Å². The summed E-state index contributed by atoms with van der Waals surface area (Å²) in [5.74, 6) is 1.80. The van der Waals surface area contributed by atoms with E-state index in [1.54, 1.807) is 6.08 Å². The summed E-state index contributed by atoms with van der Waals surface area (Å²) >= 11 is 1.30. The number of ether oxygens (including phenoxy) is 2. The van der Waals surface area contributed by atoms with Crippen LogP contribution >= 0.6 is 11.3 Å². The van der Waals surface area contributed by atoms with Crippen LogP contribution in [0.5, 0.6) is 11.5 Å². The molecule has 2 aromatic heterocycles. The Hall–Kier alpha value is -3.45. The van der Waals surface area contributed by atoms with Gasteiger partial charge < -0.3 is 9.47 Å². The summed E-state index contributed by atoms with van der Waals surface area (Å²) in [6.07, 6.45) is 5.15. The van der Waals surface area contributed by atoms with Gasteiger partial charge in [-0.2, -0.15) is 9.50 Å². The third-order valence-corrected chi connectivity index (χ3v) is 5.31. The topological polar surface area (TPSA) is 65.7 Å². The number of allylic oxidation sites excluding steroid dienone is 1. The molecule has 0 saturated carbocycles. The molecule has 0 spiro atoms. The van der Waals surface area contributed by atoms with Gasteiger partial charge in [0.25, 0.3) is 5.56 Å². The minimum absolute atomic E-state index is 0.186. The Kier molecular flexibility index (Phi) is 4.14. The third-order valence-electron chi connectivity index (χ3n) is 4.33. The van der Waals surface area contributed by atoms with E-state index in [4.69, 9.17) is 9.47 Å². The molecule has 0 bridgehead atoms. The molecule has 0 aliphatic carbocycles. The quantitative estimate of drug-likeness (QED) is 0.539. The molecular formula is C21H15N3O3S. The number of para-hydroxylation sites is 2. The van der Waals surface area contributed by atoms with Crippen LogP contribution in [0.15, 0.2) is 65.5 Å². The maximum Gasteiger partial charge on any atom is 0.291 e. The molecular weight excluding hydrogens is 374 g/mol. The number of nitrogens with zero attached hydrogens (tertiary/aromatic N) is 3. The Morgan fingerprint density at radius 2 is 1.86 bits per heavy atom. The molecule has 3 heterocycles. The van der Waals surface area contributed by atoms with Crippen molar-refractivity contribution in [2.24, 2.45) is 0 Å². The molecule has 1 aliphatic heterocycles. The zero-order valence-corrected chi connectivity index (χ0v) is 15.5. The molecule has 2 aromatic carbocycles. The van der Waals surface area contributed by atoms with Crippen molar-refractivity contribution < 1.29 is 9.47 Å². The number of fused-ring (bicyclic) bond motifs is 2. The van der Waals surface area contributed by atoms with E-state index in [1.807, 2.05) is 66.7 Å². The van der Waals surface area contributed by atoms with Gasteiger partial charge in [-0.3, -0.25) is 4.79 Å².